The van der Waals surface area contributed by atoms with Crippen LogP contribution in [0.4, 0.5) is 11.4 Å². The highest BCUT2D eigenvalue weighted by atomic mass is 16.6. The van der Waals surface area contributed by atoms with Crippen molar-refractivity contribution >= 4 is 23.3 Å². The van der Waals surface area contributed by atoms with Crippen molar-refractivity contribution in [1.82, 2.24) is 0 Å². The van der Waals surface area contributed by atoms with Crippen molar-refractivity contribution < 1.29 is 28.7 Å². The third kappa shape index (κ3) is 5.20. The third-order valence-corrected chi connectivity index (χ3v) is 4.52. The average molecular weight is 436 g/mol. The number of carbonyl (C=O) groups is 2. The van der Waals surface area contributed by atoms with E-state index in [4.69, 9.17) is 14.2 Å². The highest BCUT2D eigenvalue weighted by Gasteiger charge is 2.20. The first-order valence-electron chi connectivity index (χ1n) is 9.47. The van der Waals surface area contributed by atoms with Gasteiger partial charge in [-0.15, -0.1) is 0 Å². The Balaban J connectivity index is 1.83. The molecule has 0 atom stereocenters. The lowest BCUT2D eigenvalue weighted by molar-refractivity contribution is -0.384. The van der Waals surface area contributed by atoms with Crippen LogP contribution >= 0.6 is 0 Å². The van der Waals surface area contributed by atoms with Crippen LogP contribution in [-0.4, -0.2) is 31.1 Å². The van der Waals surface area contributed by atoms with Crippen molar-refractivity contribution in [3.63, 3.8) is 0 Å². The molecule has 0 aliphatic rings. The van der Waals surface area contributed by atoms with Crippen molar-refractivity contribution in [3.05, 3.63) is 93.5 Å². The SMILES string of the molecule is COC(=O)c1ccc(Oc2ccccc2NCc2cccc([N+](=O)[O-])c2)cc1C(=O)OC. The van der Waals surface area contributed by atoms with E-state index in [-0.39, 0.29) is 16.8 Å². The second-order valence-corrected chi connectivity index (χ2v) is 6.57. The number of para-hydroxylation sites is 2. The Morgan fingerprint density at radius 3 is 2.34 bits per heavy atom. The summed E-state index contributed by atoms with van der Waals surface area (Å²) in [5, 5.41) is 14.2. The van der Waals surface area contributed by atoms with Gasteiger partial charge >= 0.3 is 11.9 Å². The number of nitro benzene ring substituents is 1. The van der Waals surface area contributed by atoms with E-state index in [1.807, 2.05) is 6.07 Å². The summed E-state index contributed by atoms with van der Waals surface area (Å²) in [5.74, 6) is -0.605. The fraction of sp³-hybridized carbons (Fsp3) is 0.130. The number of nitrogens with one attached hydrogen (secondary N) is 1. The predicted molar refractivity (Wildman–Crippen MR) is 116 cm³/mol. The van der Waals surface area contributed by atoms with Crippen molar-refractivity contribution in [3.8, 4) is 11.5 Å². The Hall–Kier alpha value is -4.40. The first-order valence-corrected chi connectivity index (χ1v) is 9.47. The van der Waals surface area contributed by atoms with Gasteiger partial charge in [-0.25, -0.2) is 9.59 Å². The summed E-state index contributed by atoms with van der Waals surface area (Å²) in [7, 11) is 2.43. The van der Waals surface area contributed by atoms with Crippen molar-refractivity contribution in [1.29, 1.82) is 0 Å². The lowest BCUT2D eigenvalue weighted by Gasteiger charge is -2.14. The monoisotopic (exact) mass is 436 g/mol. The number of non-ortho nitro benzene ring substituents is 1. The highest BCUT2D eigenvalue weighted by Crippen LogP contribution is 2.31. The van der Waals surface area contributed by atoms with Crippen molar-refractivity contribution in [2.75, 3.05) is 19.5 Å². The van der Waals surface area contributed by atoms with Crippen LogP contribution in [0.1, 0.15) is 26.3 Å². The Morgan fingerprint density at radius 1 is 0.906 bits per heavy atom. The summed E-state index contributed by atoms with van der Waals surface area (Å²) in [5.41, 5.74) is 1.44. The second-order valence-electron chi connectivity index (χ2n) is 6.57. The van der Waals surface area contributed by atoms with Gasteiger partial charge in [-0.3, -0.25) is 10.1 Å². The van der Waals surface area contributed by atoms with E-state index in [0.29, 0.717) is 23.7 Å². The molecule has 9 nitrogen and oxygen atoms in total. The van der Waals surface area contributed by atoms with Crippen molar-refractivity contribution in [2.45, 2.75) is 6.54 Å². The molecule has 0 aliphatic heterocycles. The van der Waals surface area contributed by atoms with Crippen LogP contribution in [0.25, 0.3) is 0 Å². The molecule has 0 radical (unpaired) electrons. The lowest BCUT2D eigenvalue weighted by Crippen LogP contribution is -2.11. The quantitative estimate of drug-likeness (QED) is 0.310. The summed E-state index contributed by atoms with van der Waals surface area (Å²) >= 11 is 0. The fourth-order valence-electron chi connectivity index (χ4n) is 2.96. The number of ether oxygens (including phenoxy) is 3. The fourth-order valence-corrected chi connectivity index (χ4v) is 2.96. The van der Waals surface area contributed by atoms with Gasteiger partial charge in [0.15, 0.2) is 5.75 Å². The normalized spacial score (nSPS) is 10.2. The van der Waals surface area contributed by atoms with Crippen LogP contribution in [0.15, 0.2) is 66.7 Å². The number of hydrogen-bond acceptors (Lipinski definition) is 8. The van der Waals surface area contributed by atoms with E-state index in [0.717, 1.165) is 5.56 Å². The van der Waals surface area contributed by atoms with E-state index in [9.17, 15) is 19.7 Å². The first kappa shape index (κ1) is 22.3. The largest absolute Gasteiger partial charge is 0.465 e. The minimum Gasteiger partial charge on any atom is -0.465 e. The summed E-state index contributed by atoms with van der Waals surface area (Å²) in [4.78, 5) is 34.6. The van der Waals surface area contributed by atoms with E-state index in [2.05, 4.69) is 5.32 Å². The van der Waals surface area contributed by atoms with Gasteiger partial charge in [0.2, 0.25) is 0 Å². The zero-order valence-corrected chi connectivity index (χ0v) is 17.4. The molecular weight excluding hydrogens is 416 g/mol. The zero-order valence-electron chi connectivity index (χ0n) is 17.4. The second kappa shape index (κ2) is 10.1. The van der Waals surface area contributed by atoms with E-state index in [1.54, 1.807) is 30.3 Å². The van der Waals surface area contributed by atoms with Gasteiger partial charge in [-0.1, -0.05) is 24.3 Å². The zero-order chi connectivity index (χ0) is 23.1. The molecule has 0 aromatic heterocycles. The number of carbonyl (C=O) groups excluding carboxylic acids is 2. The molecule has 0 saturated heterocycles. The topological polar surface area (TPSA) is 117 Å². The van der Waals surface area contributed by atoms with Gasteiger partial charge in [-0.05, 0) is 35.9 Å². The van der Waals surface area contributed by atoms with E-state index in [1.165, 1.54) is 44.6 Å². The summed E-state index contributed by atoms with van der Waals surface area (Å²) in [6.07, 6.45) is 0. The van der Waals surface area contributed by atoms with Crippen molar-refractivity contribution in [2.24, 2.45) is 0 Å². The van der Waals surface area contributed by atoms with E-state index >= 15 is 0 Å². The van der Waals surface area contributed by atoms with Crippen LogP contribution in [-0.2, 0) is 16.0 Å². The molecule has 1 N–H and O–H groups in total. The summed E-state index contributed by atoms with van der Waals surface area (Å²) in [6.45, 7) is 0.330. The molecule has 0 unspecified atom stereocenters. The smallest absolute Gasteiger partial charge is 0.338 e. The number of rotatable bonds is 8. The van der Waals surface area contributed by atoms with Gasteiger partial charge < -0.3 is 19.5 Å². The van der Waals surface area contributed by atoms with Gasteiger partial charge in [0.25, 0.3) is 5.69 Å². The first-order chi connectivity index (χ1) is 15.4. The third-order valence-electron chi connectivity index (χ3n) is 4.52. The summed E-state index contributed by atoms with van der Waals surface area (Å²) < 4.78 is 15.4. The molecule has 32 heavy (non-hydrogen) atoms. The molecule has 0 bridgehead atoms. The van der Waals surface area contributed by atoms with Crippen LogP contribution < -0.4 is 10.1 Å². The molecule has 3 aromatic carbocycles. The number of nitrogens with zero attached hydrogens (tertiary/aromatic N) is 1. The minimum atomic E-state index is -0.701. The minimum absolute atomic E-state index is 0.00914. The maximum Gasteiger partial charge on any atom is 0.338 e. The molecular formula is C23H20N2O7. The number of benzene rings is 3. The van der Waals surface area contributed by atoms with Gasteiger partial charge in [0, 0.05) is 18.7 Å². The van der Waals surface area contributed by atoms with Crippen LogP contribution in [0.3, 0.4) is 0 Å². The molecule has 3 rings (SSSR count). The predicted octanol–water partition coefficient (Wildman–Crippen LogP) is 4.57. The highest BCUT2D eigenvalue weighted by molar-refractivity contribution is 6.03. The van der Waals surface area contributed by atoms with Crippen LogP contribution in [0, 0.1) is 10.1 Å². The Morgan fingerprint density at radius 2 is 1.62 bits per heavy atom. The molecule has 164 valence electrons. The maximum absolute atomic E-state index is 12.1. The number of esters is 2. The van der Waals surface area contributed by atoms with Crippen LogP contribution in [0.2, 0.25) is 0 Å². The number of hydrogen-bond donors (Lipinski definition) is 1. The number of nitro groups is 1. The standard InChI is InChI=1S/C23H20N2O7/c1-30-22(26)18-11-10-17(13-19(18)23(27)31-2)32-21-9-4-3-8-20(21)24-14-15-6-5-7-16(12-15)25(28)29/h3-13,24H,14H2,1-2H3. The van der Waals surface area contributed by atoms with Gasteiger partial charge in [0.05, 0.1) is 36.0 Å². The van der Waals surface area contributed by atoms with Crippen LogP contribution in [0.5, 0.6) is 11.5 Å². The molecule has 0 amide bonds. The number of anilines is 1. The average Bonchev–Trinajstić information content (AvgIpc) is 2.82. The molecule has 0 spiro atoms. The Bertz CT molecular complexity index is 1160. The van der Waals surface area contributed by atoms with Gasteiger partial charge in [-0.2, -0.15) is 0 Å². The Kier molecular flexibility index (Phi) is 7.02. The number of methoxy groups -OCH3 is 2. The maximum atomic E-state index is 12.1. The molecule has 0 heterocycles. The molecule has 9 heteroatoms. The Labute approximate surface area is 183 Å². The molecule has 0 aliphatic carbocycles. The molecule has 0 fully saturated rings. The summed E-state index contributed by atoms with van der Waals surface area (Å²) in [6, 6.07) is 17.8. The van der Waals surface area contributed by atoms with Gasteiger partial charge in [0.1, 0.15) is 5.75 Å². The van der Waals surface area contributed by atoms with E-state index < -0.39 is 16.9 Å². The molecule has 0 saturated carbocycles. The molecule has 3 aromatic rings. The lowest BCUT2D eigenvalue weighted by atomic mass is 10.1.